The van der Waals surface area contributed by atoms with Gasteiger partial charge in [-0.3, -0.25) is 0 Å². The average Bonchev–Trinajstić information content (AvgIpc) is 3.71. The van der Waals surface area contributed by atoms with E-state index in [0.717, 1.165) is 24.3 Å². The number of thioether (sulfide) groups is 6. The smallest absolute Gasteiger partial charge is 0.206 e. The quantitative estimate of drug-likeness (QED) is 0.183. The van der Waals surface area contributed by atoms with Crippen molar-refractivity contribution in [2.45, 2.75) is 44.0 Å². The van der Waals surface area contributed by atoms with Gasteiger partial charge in [-0.15, -0.1) is 47.0 Å². The second kappa shape index (κ2) is 18.1. The van der Waals surface area contributed by atoms with Gasteiger partial charge in [0.25, 0.3) is 0 Å². The molecule has 0 spiro atoms. The topological polar surface area (TPSA) is 93.1 Å². The molecule has 2 heterocycles. The molecule has 41 heavy (non-hydrogen) atoms. The first kappa shape index (κ1) is 33.9. The summed E-state index contributed by atoms with van der Waals surface area (Å²) >= 11 is 11.6. The number of benzene rings is 2. The van der Waals surface area contributed by atoms with Crippen LogP contribution in [0.2, 0.25) is 0 Å². The normalized spacial score (nSPS) is 18.0. The standard InChI is InChI=1S/C28H38O6S7/c29-21(19-35-11-9-27-37-13-14-38-27)17-33-23-1-5-25(6-2-23)41(31,32)26-7-3-24(4-8-26)34-18-22(30)20-36-12-10-28-39-15-16-40-28/h1-8,21-22,27-30H,9-20H2. The van der Waals surface area contributed by atoms with E-state index >= 15 is 0 Å². The molecule has 2 saturated heterocycles. The summed E-state index contributed by atoms with van der Waals surface area (Å²) in [5, 5.41) is 20.5. The molecule has 2 unspecified atom stereocenters. The molecule has 2 aliphatic heterocycles. The van der Waals surface area contributed by atoms with Gasteiger partial charge in [0.2, 0.25) is 9.84 Å². The zero-order chi connectivity index (χ0) is 28.9. The van der Waals surface area contributed by atoms with E-state index in [1.807, 2.05) is 47.0 Å². The number of ether oxygens (including phenoxy) is 2. The van der Waals surface area contributed by atoms with E-state index in [2.05, 4.69) is 0 Å². The maximum absolute atomic E-state index is 13.1. The van der Waals surface area contributed by atoms with Crippen molar-refractivity contribution in [2.24, 2.45) is 0 Å². The third-order valence-corrected chi connectivity index (χ3v) is 16.6. The minimum Gasteiger partial charge on any atom is -0.491 e. The molecule has 2 atom stereocenters. The SMILES string of the molecule is O=S(=O)(c1ccc(OCC(O)CSCCC2SCCS2)cc1)c1ccc(OCC(O)CSCCC2SCCS2)cc1. The molecule has 2 aromatic rings. The molecule has 0 aromatic heterocycles. The summed E-state index contributed by atoms with van der Waals surface area (Å²) in [5.41, 5.74) is 0. The Hall–Kier alpha value is 0.01000. The third kappa shape index (κ3) is 11.8. The van der Waals surface area contributed by atoms with Crippen LogP contribution >= 0.6 is 70.6 Å². The van der Waals surface area contributed by atoms with Crippen molar-refractivity contribution in [3.05, 3.63) is 48.5 Å². The lowest BCUT2D eigenvalue weighted by atomic mass is 10.3. The molecule has 2 fully saturated rings. The van der Waals surface area contributed by atoms with E-state index in [1.54, 1.807) is 47.8 Å². The number of hydrogen-bond donors (Lipinski definition) is 2. The van der Waals surface area contributed by atoms with Crippen molar-refractivity contribution in [1.29, 1.82) is 0 Å². The highest BCUT2D eigenvalue weighted by atomic mass is 32.2. The maximum Gasteiger partial charge on any atom is 0.206 e. The minimum absolute atomic E-state index is 0.166. The lowest BCUT2D eigenvalue weighted by molar-refractivity contribution is 0.126. The van der Waals surface area contributed by atoms with Gasteiger partial charge in [0, 0.05) is 34.5 Å². The van der Waals surface area contributed by atoms with Crippen LogP contribution in [0, 0.1) is 0 Å². The van der Waals surface area contributed by atoms with Gasteiger partial charge < -0.3 is 19.7 Å². The fourth-order valence-electron chi connectivity index (χ4n) is 3.99. The monoisotopic (exact) mass is 694 g/mol. The van der Waals surface area contributed by atoms with E-state index in [9.17, 15) is 18.6 Å². The second-order valence-corrected chi connectivity index (χ2v) is 19.5. The van der Waals surface area contributed by atoms with Crippen LogP contribution < -0.4 is 9.47 Å². The van der Waals surface area contributed by atoms with Gasteiger partial charge in [-0.1, -0.05) is 0 Å². The molecule has 6 nitrogen and oxygen atoms in total. The summed E-state index contributed by atoms with van der Waals surface area (Å²) in [5.74, 6) is 9.28. The Labute approximate surface area is 269 Å². The largest absolute Gasteiger partial charge is 0.491 e. The Morgan fingerprint density at radius 2 is 1.05 bits per heavy atom. The summed E-state index contributed by atoms with van der Waals surface area (Å²) in [6.07, 6.45) is 1.16. The van der Waals surface area contributed by atoms with Crippen LogP contribution in [0.25, 0.3) is 0 Å². The molecule has 0 radical (unpaired) electrons. The first-order valence-corrected chi connectivity index (χ1v) is 21.6. The molecular formula is C28H38O6S7. The van der Waals surface area contributed by atoms with Crippen LogP contribution in [-0.2, 0) is 9.84 Å². The highest BCUT2D eigenvalue weighted by Gasteiger charge is 2.19. The lowest BCUT2D eigenvalue weighted by Crippen LogP contribution is -2.20. The molecule has 228 valence electrons. The van der Waals surface area contributed by atoms with Gasteiger partial charge in [-0.2, -0.15) is 23.5 Å². The maximum atomic E-state index is 13.1. The number of rotatable bonds is 18. The summed E-state index contributed by atoms with van der Waals surface area (Å²) in [6, 6.07) is 12.5. The molecule has 4 rings (SSSR count). The Bertz CT molecular complexity index is 1040. The highest BCUT2D eigenvalue weighted by Crippen LogP contribution is 2.35. The fourth-order valence-corrected chi connectivity index (χ4v) is 13.4. The number of aliphatic hydroxyl groups is 2. The van der Waals surface area contributed by atoms with Crippen LogP contribution in [0.4, 0.5) is 0 Å². The fraction of sp³-hybridized carbons (Fsp3) is 0.571. The third-order valence-electron chi connectivity index (χ3n) is 6.15. The molecule has 13 heteroatoms. The van der Waals surface area contributed by atoms with Gasteiger partial charge >= 0.3 is 0 Å². The van der Waals surface area contributed by atoms with Crippen molar-refractivity contribution >= 4 is 80.4 Å². The molecule has 0 bridgehead atoms. The average molecular weight is 695 g/mol. The summed E-state index contributed by atoms with van der Waals surface area (Å²) in [7, 11) is -3.70. The summed E-state index contributed by atoms with van der Waals surface area (Å²) < 4.78 is 38.9. The molecule has 2 aliphatic rings. The number of aliphatic hydroxyl groups excluding tert-OH is 2. The van der Waals surface area contributed by atoms with Crippen LogP contribution in [0.15, 0.2) is 58.3 Å². The molecule has 2 aromatic carbocycles. The molecule has 0 amide bonds. The van der Waals surface area contributed by atoms with Gasteiger partial charge in [-0.05, 0) is 72.9 Å². The Morgan fingerprint density at radius 3 is 1.41 bits per heavy atom. The van der Waals surface area contributed by atoms with Crippen LogP contribution in [0.1, 0.15) is 12.8 Å². The summed E-state index contributed by atoms with van der Waals surface area (Å²) in [6.45, 7) is 0.333. The van der Waals surface area contributed by atoms with Crippen LogP contribution in [-0.4, -0.2) is 99.2 Å². The van der Waals surface area contributed by atoms with Crippen molar-refractivity contribution in [3.8, 4) is 11.5 Å². The van der Waals surface area contributed by atoms with Crippen molar-refractivity contribution < 1.29 is 28.1 Å². The van der Waals surface area contributed by atoms with Gasteiger partial charge in [0.1, 0.15) is 24.7 Å². The second-order valence-electron chi connectivity index (χ2n) is 9.45. The first-order chi connectivity index (χ1) is 19.9. The van der Waals surface area contributed by atoms with Gasteiger partial charge in [0.05, 0.1) is 31.2 Å². The molecular weight excluding hydrogens is 657 g/mol. The Morgan fingerprint density at radius 1 is 0.683 bits per heavy atom. The number of hydrogen-bond acceptors (Lipinski definition) is 12. The Balaban J connectivity index is 1.15. The van der Waals surface area contributed by atoms with E-state index in [1.165, 1.54) is 47.3 Å². The van der Waals surface area contributed by atoms with E-state index < -0.39 is 22.0 Å². The summed E-state index contributed by atoms with van der Waals surface area (Å²) in [4.78, 5) is 0.332. The molecule has 0 saturated carbocycles. The predicted octanol–water partition coefficient (Wildman–Crippen LogP) is 5.86. The van der Waals surface area contributed by atoms with Gasteiger partial charge in [-0.25, -0.2) is 8.42 Å². The molecule has 0 aliphatic carbocycles. The van der Waals surface area contributed by atoms with E-state index in [-0.39, 0.29) is 23.0 Å². The zero-order valence-corrected chi connectivity index (χ0v) is 28.5. The van der Waals surface area contributed by atoms with E-state index in [0.29, 0.717) is 32.2 Å². The molecule has 2 N–H and O–H groups in total. The van der Waals surface area contributed by atoms with Crippen LogP contribution in [0.5, 0.6) is 11.5 Å². The van der Waals surface area contributed by atoms with Crippen molar-refractivity contribution in [3.63, 3.8) is 0 Å². The first-order valence-electron chi connectivity index (χ1n) is 13.6. The van der Waals surface area contributed by atoms with Crippen LogP contribution in [0.3, 0.4) is 0 Å². The van der Waals surface area contributed by atoms with Gasteiger partial charge in [0.15, 0.2) is 0 Å². The lowest BCUT2D eigenvalue weighted by Gasteiger charge is -2.14. The van der Waals surface area contributed by atoms with Crippen molar-refractivity contribution in [1.82, 2.24) is 0 Å². The van der Waals surface area contributed by atoms with Crippen molar-refractivity contribution in [2.75, 3.05) is 59.2 Å². The Kier molecular flexibility index (Phi) is 15.0. The predicted molar refractivity (Wildman–Crippen MR) is 183 cm³/mol. The zero-order valence-electron chi connectivity index (χ0n) is 22.8. The highest BCUT2D eigenvalue weighted by molar-refractivity contribution is 8.20. The minimum atomic E-state index is -3.70. The number of sulfone groups is 1. The van der Waals surface area contributed by atoms with E-state index in [4.69, 9.17) is 9.47 Å².